The van der Waals surface area contributed by atoms with Gasteiger partial charge < -0.3 is 15.5 Å². The van der Waals surface area contributed by atoms with Crippen LogP contribution in [-0.4, -0.2) is 30.0 Å². The molecule has 0 aliphatic carbocycles. The molecule has 20 heavy (non-hydrogen) atoms. The summed E-state index contributed by atoms with van der Waals surface area (Å²) >= 11 is 4.69. The van der Waals surface area contributed by atoms with E-state index < -0.39 is 10.0 Å². The maximum Gasteiger partial charge on any atom is 0.278 e. The van der Waals surface area contributed by atoms with E-state index in [4.69, 9.17) is 10.5 Å². The third kappa shape index (κ3) is 3.68. The summed E-state index contributed by atoms with van der Waals surface area (Å²) in [5.41, 5.74) is 5.72. The number of hydrogen-bond acceptors (Lipinski definition) is 5. The molecule has 7 nitrogen and oxygen atoms in total. The van der Waals surface area contributed by atoms with Crippen LogP contribution in [0.25, 0.3) is 0 Å². The number of nitrogens with two attached hydrogens (primary N) is 1. The SMILES string of the molecule is NC(=S)COc1ccc(NS(=O)(=O)c2cnc[nH]2)cc1. The van der Waals surface area contributed by atoms with Crippen LogP contribution in [0.5, 0.6) is 5.75 Å². The van der Waals surface area contributed by atoms with E-state index in [0.29, 0.717) is 11.4 Å². The Bertz CT molecular complexity index is 681. The zero-order valence-electron chi connectivity index (χ0n) is 10.2. The Morgan fingerprint density at radius 3 is 2.65 bits per heavy atom. The molecule has 0 spiro atoms. The van der Waals surface area contributed by atoms with E-state index in [-0.39, 0.29) is 16.6 Å². The van der Waals surface area contributed by atoms with Crippen LogP contribution >= 0.6 is 12.2 Å². The normalized spacial score (nSPS) is 11.0. The van der Waals surface area contributed by atoms with Gasteiger partial charge in [0.15, 0.2) is 5.03 Å². The van der Waals surface area contributed by atoms with Gasteiger partial charge in [-0.2, -0.15) is 8.42 Å². The molecule has 0 saturated heterocycles. The molecule has 9 heteroatoms. The molecule has 1 heterocycles. The molecule has 0 bridgehead atoms. The third-order valence-corrected chi connectivity index (χ3v) is 3.67. The lowest BCUT2D eigenvalue weighted by Crippen LogP contribution is -2.17. The molecule has 0 saturated carbocycles. The predicted molar refractivity (Wildman–Crippen MR) is 78.1 cm³/mol. The van der Waals surface area contributed by atoms with Gasteiger partial charge in [-0.3, -0.25) is 4.72 Å². The lowest BCUT2D eigenvalue weighted by molar-refractivity contribution is 0.377. The molecular weight excluding hydrogens is 300 g/mol. The summed E-state index contributed by atoms with van der Waals surface area (Å²) in [7, 11) is -3.66. The standard InChI is InChI=1S/C11H12N4O3S2/c12-10(19)6-18-9-3-1-8(2-4-9)15-20(16,17)11-5-13-7-14-11/h1-5,7,15H,6H2,(H2,12,19)(H,13,14). The molecule has 0 unspecified atom stereocenters. The van der Waals surface area contributed by atoms with Gasteiger partial charge in [0.1, 0.15) is 17.3 Å². The van der Waals surface area contributed by atoms with Gasteiger partial charge in [0.25, 0.3) is 10.0 Å². The number of nitrogens with one attached hydrogen (secondary N) is 2. The number of nitrogens with zero attached hydrogens (tertiary/aromatic N) is 1. The highest BCUT2D eigenvalue weighted by Gasteiger charge is 2.15. The summed E-state index contributed by atoms with van der Waals surface area (Å²) in [6, 6.07) is 6.37. The maximum absolute atomic E-state index is 11.9. The van der Waals surface area contributed by atoms with Gasteiger partial charge >= 0.3 is 0 Å². The van der Waals surface area contributed by atoms with Crippen molar-refractivity contribution in [3.8, 4) is 5.75 Å². The second-order valence-electron chi connectivity index (χ2n) is 3.80. The summed E-state index contributed by atoms with van der Waals surface area (Å²) in [5.74, 6) is 0.544. The van der Waals surface area contributed by atoms with Crippen LogP contribution in [0.15, 0.2) is 41.8 Å². The van der Waals surface area contributed by atoms with Crippen LogP contribution in [0.4, 0.5) is 5.69 Å². The first-order chi connectivity index (χ1) is 9.47. The number of hydrogen-bond donors (Lipinski definition) is 3. The first-order valence-electron chi connectivity index (χ1n) is 5.50. The van der Waals surface area contributed by atoms with Crippen LogP contribution < -0.4 is 15.2 Å². The van der Waals surface area contributed by atoms with Crippen molar-refractivity contribution in [2.24, 2.45) is 5.73 Å². The largest absolute Gasteiger partial charge is 0.487 e. The van der Waals surface area contributed by atoms with Gasteiger partial charge in [-0.1, -0.05) is 12.2 Å². The van der Waals surface area contributed by atoms with Gasteiger partial charge in [-0.25, -0.2) is 4.98 Å². The second-order valence-corrected chi connectivity index (χ2v) is 5.98. The van der Waals surface area contributed by atoms with Crippen molar-refractivity contribution in [1.29, 1.82) is 0 Å². The maximum atomic E-state index is 11.9. The van der Waals surface area contributed by atoms with Crippen molar-refractivity contribution in [2.45, 2.75) is 5.03 Å². The number of benzene rings is 1. The number of ether oxygens (including phenoxy) is 1. The van der Waals surface area contributed by atoms with Crippen molar-refractivity contribution in [3.63, 3.8) is 0 Å². The Labute approximate surface area is 121 Å². The molecule has 0 aliphatic heterocycles. The number of imidazole rings is 1. The number of anilines is 1. The van der Waals surface area contributed by atoms with Crippen LogP contribution in [0, 0.1) is 0 Å². The van der Waals surface area contributed by atoms with E-state index in [1.807, 2.05) is 0 Å². The zero-order valence-corrected chi connectivity index (χ0v) is 11.9. The summed E-state index contributed by atoms with van der Waals surface area (Å²) in [6.45, 7) is 0.133. The lowest BCUT2D eigenvalue weighted by atomic mass is 10.3. The summed E-state index contributed by atoms with van der Waals surface area (Å²) in [4.78, 5) is 6.44. The average Bonchev–Trinajstić information content (AvgIpc) is 2.92. The minimum atomic E-state index is -3.66. The molecule has 0 radical (unpaired) electrons. The van der Waals surface area contributed by atoms with Crippen LogP contribution in [0.1, 0.15) is 0 Å². The van der Waals surface area contributed by atoms with E-state index in [0.717, 1.165) is 0 Å². The van der Waals surface area contributed by atoms with Gasteiger partial charge in [0.2, 0.25) is 0 Å². The molecular formula is C11H12N4O3S2. The number of aromatic amines is 1. The minimum absolute atomic E-state index is 0.00805. The van der Waals surface area contributed by atoms with Crippen molar-refractivity contribution in [1.82, 2.24) is 9.97 Å². The Balaban J connectivity index is 2.06. The quantitative estimate of drug-likeness (QED) is 0.683. The monoisotopic (exact) mass is 312 g/mol. The van der Waals surface area contributed by atoms with Gasteiger partial charge in [0.05, 0.1) is 12.5 Å². The zero-order chi connectivity index (χ0) is 14.6. The summed E-state index contributed by atoms with van der Waals surface area (Å²) in [5, 5.41) is -0.00805. The Morgan fingerprint density at radius 1 is 1.40 bits per heavy atom. The van der Waals surface area contributed by atoms with Crippen molar-refractivity contribution >= 4 is 32.9 Å². The van der Waals surface area contributed by atoms with Crippen molar-refractivity contribution in [2.75, 3.05) is 11.3 Å². The summed E-state index contributed by atoms with van der Waals surface area (Å²) < 4.78 is 31.5. The number of rotatable bonds is 6. The van der Waals surface area contributed by atoms with E-state index in [2.05, 4.69) is 26.9 Å². The minimum Gasteiger partial charge on any atom is -0.487 e. The Kier molecular flexibility index (Phi) is 4.20. The Hall–Kier alpha value is -2.13. The molecule has 106 valence electrons. The van der Waals surface area contributed by atoms with Crippen LogP contribution in [0.2, 0.25) is 0 Å². The summed E-state index contributed by atoms with van der Waals surface area (Å²) in [6.07, 6.45) is 2.52. The fraction of sp³-hybridized carbons (Fsp3) is 0.0909. The van der Waals surface area contributed by atoms with Crippen LogP contribution in [0.3, 0.4) is 0 Å². The van der Waals surface area contributed by atoms with E-state index >= 15 is 0 Å². The number of H-pyrrole nitrogens is 1. The molecule has 0 fully saturated rings. The number of aromatic nitrogens is 2. The lowest BCUT2D eigenvalue weighted by Gasteiger charge is -2.08. The molecule has 1 aromatic heterocycles. The molecule has 2 aromatic rings. The predicted octanol–water partition coefficient (Wildman–Crippen LogP) is 0.875. The smallest absolute Gasteiger partial charge is 0.278 e. The first-order valence-corrected chi connectivity index (χ1v) is 7.39. The fourth-order valence-electron chi connectivity index (χ4n) is 1.37. The van der Waals surface area contributed by atoms with Gasteiger partial charge in [0, 0.05) is 5.69 Å². The van der Waals surface area contributed by atoms with Crippen LogP contribution in [-0.2, 0) is 10.0 Å². The topological polar surface area (TPSA) is 110 Å². The molecule has 2 rings (SSSR count). The molecule has 0 aliphatic rings. The van der Waals surface area contributed by atoms with Gasteiger partial charge in [-0.05, 0) is 24.3 Å². The average molecular weight is 312 g/mol. The van der Waals surface area contributed by atoms with E-state index in [1.165, 1.54) is 12.5 Å². The molecule has 0 atom stereocenters. The van der Waals surface area contributed by atoms with E-state index in [1.54, 1.807) is 24.3 Å². The van der Waals surface area contributed by atoms with E-state index in [9.17, 15) is 8.42 Å². The molecule has 1 aromatic carbocycles. The van der Waals surface area contributed by atoms with Crippen molar-refractivity contribution < 1.29 is 13.2 Å². The fourth-order valence-corrected chi connectivity index (χ4v) is 2.40. The highest BCUT2D eigenvalue weighted by molar-refractivity contribution is 7.92. The van der Waals surface area contributed by atoms with Gasteiger partial charge in [-0.15, -0.1) is 0 Å². The number of sulfonamides is 1. The van der Waals surface area contributed by atoms with Crippen molar-refractivity contribution in [3.05, 3.63) is 36.8 Å². The third-order valence-electron chi connectivity index (χ3n) is 2.25. The molecule has 0 amide bonds. The first kappa shape index (κ1) is 14.3. The second kappa shape index (κ2) is 5.88. The number of thiocarbonyl (C=S) groups is 1. The highest BCUT2D eigenvalue weighted by atomic mass is 32.2. The highest BCUT2D eigenvalue weighted by Crippen LogP contribution is 2.18. The molecule has 4 N–H and O–H groups in total. The Morgan fingerprint density at radius 2 is 2.10 bits per heavy atom.